The summed E-state index contributed by atoms with van der Waals surface area (Å²) in [4.78, 5) is 4.58. The molecule has 0 unspecified atom stereocenters. The number of hydrogen-bond acceptors (Lipinski definition) is 1. The molecule has 25 heavy (non-hydrogen) atoms. The van der Waals surface area contributed by atoms with Gasteiger partial charge in [-0.25, -0.2) is 0 Å². The molecule has 1 nitrogen and oxygen atoms in total. The van der Waals surface area contributed by atoms with Gasteiger partial charge in [-0.1, -0.05) is 78.1 Å². The quantitative estimate of drug-likeness (QED) is 0.197. The van der Waals surface area contributed by atoms with Crippen molar-refractivity contribution < 1.29 is 20.1 Å². The van der Waals surface area contributed by atoms with Crippen molar-refractivity contribution in [2.24, 2.45) is 0 Å². The third kappa shape index (κ3) is 3.45. The van der Waals surface area contributed by atoms with Crippen LogP contribution in [0.4, 0.5) is 0 Å². The van der Waals surface area contributed by atoms with Gasteiger partial charge in [-0.2, -0.15) is 0 Å². The summed E-state index contributed by atoms with van der Waals surface area (Å²) in [6, 6.07) is 25.0. The van der Waals surface area contributed by atoms with E-state index in [2.05, 4.69) is 91.4 Å². The van der Waals surface area contributed by atoms with Gasteiger partial charge in [-0.3, -0.25) is 0 Å². The molecule has 0 N–H and O–H groups in total. The van der Waals surface area contributed by atoms with Crippen LogP contribution >= 0.6 is 0 Å². The van der Waals surface area contributed by atoms with E-state index in [-0.39, 0.29) is 20.1 Å². The van der Waals surface area contributed by atoms with Crippen LogP contribution in [0.25, 0.3) is 32.8 Å². The Morgan fingerprint density at radius 2 is 1.60 bits per heavy atom. The molecule has 0 saturated heterocycles. The van der Waals surface area contributed by atoms with Gasteiger partial charge in [0.25, 0.3) is 0 Å². The van der Waals surface area contributed by atoms with E-state index < -0.39 is 8.07 Å². The van der Waals surface area contributed by atoms with Crippen molar-refractivity contribution in [2.75, 3.05) is 0 Å². The molecule has 4 rings (SSSR count). The van der Waals surface area contributed by atoms with Crippen molar-refractivity contribution >= 4 is 34.8 Å². The van der Waals surface area contributed by atoms with Crippen LogP contribution in [-0.2, 0) is 20.1 Å². The van der Waals surface area contributed by atoms with E-state index in [4.69, 9.17) is 0 Å². The zero-order chi connectivity index (χ0) is 16.7. The SMILES string of the molecule is C[Si](C)(C)c1ccnc(-c2[c-]cc3c(ccc4ccccc43)c2)c1.[Ir]. The Morgan fingerprint density at radius 1 is 0.840 bits per heavy atom. The summed E-state index contributed by atoms with van der Waals surface area (Å²) in [5, 5.41) is 6.46. The number of hydrogen-bond donors (Lipinski definition) is 0. The second-order valence-electron chi connectivity index (χ2n) is 7.32. The minimum absolute atomic E-state index is 0. The van der Waals surface area contributed by atoms with E-state index in [1.165, 1.54) is 26.7 Å². The molecular weight excluding hydrogens is 499 g/mol. The molecule has 0 amide bonds. The van der Waals surface area contributed by atoms with Crippen molar-refractivity contribution in [3.63, 3.8) is 0 Å². The molecule has 1 radical (unpaired) electrons. The zero-order valence-electron chi connectivity index (χ0n) is 14.6. The van der Waals surface area contributed by atoms with Crippen LogP contribution in [0.2, 0.25) is 19.6 Å². The average molecular weight is 519 g/mol. The molecule has 1 heterocycles. The maximum atomic E-state index is 4.58. The van der Waals surface area contributed by atoms with Gasteiger partial charge < -0.3 is 4.98 Å². The molecule has 0 bridgehead atoms. The van der Waals surface area contributed by atoms with Crippen LogP contribution in [0.1, 0.15) is 0 Å². The minimum atomic E-state index is -1.34. The molecule has 0 spiro atoms. The van der Waals surface area contributed by atoms with Gasteiger partial charge in [0.05, 0.1) is 8.07 Å². The van der Waals surface area contributed by atoms with Crippen molar-refractivity contribution in [3.8, 4) is 11.3 Å². The molecule has 127 valence electrons. The number of aromatic nitrogens is 1. The summed E-state index contributed by atoms with van der Waals surface area (Å²) in [5.41, 5.74) is 2.09. The first-order valence-electron chi connectivity index (χ1n) is 8.32. The Hall–Kier alpha value is -1.80. The van der Waals surface area contributed by atoms with E-state index in [0.717, 1.165) is 11.3 Å². The fraction of sp³-hybridized carbons (Fsp3) is 0.136. The minimum Gasteiger partial charge on any atom is -0.305 e. The standard InChI is InChI=1S/C22H20NSi.Ir/c1-24(2,3)19-12-13-23-22(15-19)18-10-11-21-17(14-18)9-8-16-6-4-5-7-20(16)21;/h4-9,11-15H,1-3H3;/q-1;. The summed E-state index contributed by atoms with van der Waals surface area (Å²) < 4.78 is 0. The van der Waals surface area contributed by atoms with Crippen LogP contribution < -0.4 is 5.19 Å². The third-order valence-corrected chi connectivity index (χ3v) is 6.62. The molecule has 0 fully saturated rings. The van der Waals surface area contributed by atoms with Gasteiger partial charge in [-0.15, -0.1) is 29.1 Å². The first-order valence-corrected chi connectivity index (χ1v) is 11.8. The monoisotopic (exact) mass is 519 g/mol. The van der Waals surface area contributed by atoms with Crippen molar-refractivity contribution in [3.05, 3.63) is 72.9 Å². The average Bonchev–Trinajstić information content (AvgIpc) is 2.60. The van der Waals surface area contributed by atoms with Crippen LogP contribution in [0.3, 0.4) is 0 Å². The fourth-order valence-corrected chi connectivity index (χ4v) is 4.28. The summed E-state index contributed by atoms with van der Waals surface area (Å²) in [6.45, 7) is 7.09. The molecule has 1 aromatic heterocycles. The van der Waals surface area contributed by atoms with Crippen LogP contribution in [0, 0.1) is 6.07 Å². The molecule has 3 heteroatoms. The van der Waals surface area contributed by atoms with Gasteiger partial charge in [0, 0.05) is 26.3 Å². The van der Waals surface area contributed by atoms with Crippen LogP contribution in [0.15, 0.2) is 66.9 Å². The Balaban J connectivity index is 0.00000182. The fourth-order valence-electron chi connectivity index (χ4n) is 3.14. The number of rotatable bonds is 2. The Labute approximate surface area is 163 Å². The summed E-state index contributed by atoms with van der Waals surface area (Å²) in [5.74, 6) is 0. The molecule has 4 aromatic rings. The maximum absolute atomic E-state index is 4.58. The Bertz CT molecular complexity index is 1050. The van der Waals surface area contributed by atoms with E-state index in [1.54, 1.807) is 0 Å². The maximum Gasteiger partial charge on any atom is 0.0767 e. The van der Waals surface area contributed by atoms with Crippen LogP contribution in [-0.4, -0.2) is 13.1 Å². The molecular formula is C22H20IrNSi-. The van der Waals surface area contributed by atoms with Gasteiger partial charge in [0.1, 0.15) is 0 Å². The molecule has 3 aromatic carbocycles. The van der Waals surface area contributed by atoms with Gasteiger partial charge >= 0.3 is 0 Å². The predicted octanol–water partition coefficient (Wildman–Crippen LogP) is 5.40. The van der Waals surface area contributed by atoms with E-state index in [9.17, 15) is 0 Å². The number of benzene rings is 3. The molecule has 0 aliphatic rings. The molecule has 0 aliphatic carbocycles. The molecule has 0 aliphatic heterocycles. The first-order chi connectivity index (χ1) is 11.5. The van der Waals surface area contributed by atoms with Crippen molar-refractivity contribution in [1.29, 1.82) is 0 Å². The van der Waals surface area contributed by atoms with Gasteiger partial charge in [0.2, 0.25) is 0 Å². The van der Waals surface area contributed by atoms with Crippen molar-refractivity contribution in [2.45, 2.75) is 19.6 Å². The predicted molar refractivity (Wildman–Crippen MR) is 107 cm³/mol. The van der Waals surface area contributed by atoms with Crippen LogP contribution in [0.5, 0.6) is 0 Å². The number of fused-ring (bicyclic) bond motifs is 3. The molecule has 0 atom stereocenters. The van der Waals surface area contributed by atoms with Gasteiger partial charge in [0.15, 0.2) is 0 Å². The topological polar surface area (TPSA) is 12.9 Å². The van der Waals surface area contributed by atoms with E-state index in [0.29, 0.717) is 0 Å². The van der Waals surface area contributed by atoms with Gasteiger partial charge in [-0.05, 0) is 17.1 Å². The third-order valence-electron chi connectivity index (χ3n) is 4.58. The normalized spacial score (nSPS) is 11.5. The van der Waals surface area contributed by atoms with E-state index in [1.807, 2.05) is 6.20 Å². The number of nitrogens with zero attached hydrogens (tertiary/aromatic N) is 1. The number of pyridine rings is 1. The smallest absolute Gasteiger partial charge is 0.0767 e. The Kier molecular flexibility index (Phi) is 4.92. The van der Waals surface area contributed by atoms with Crippen molar-refractivity contribution in [1.82, 2.24) is 4.98 Å². The second kappa shape index (κ2) is 6.84. The summed E-state index contributed by atoms with van der Waals surface area (Å²) >= 11 is 0. The Morgan fingerprint density at radius 3 is 2.40 bits per heavy atom. The first kappa shape index (κ1) is 18.0. The largest absolute Gasteiger partial charge is 0.305 e. The second-order valence-corrected chi connectivity index (χ2v) is 12.4. The summed E-state index contributed by atoms with van der Waals surface area (Å²) in [6.07, 6.45) is 1.93. The zero-order valence-corrected chi connectivity index (χ0v) is 18.0. The van der Waals surface area contributed by atoms with E-state index >= 15 is 0 Å². The molecule has 0 saturated carbocycles. The summed E-state index contributed by atoms with van der Waals surface area (Å²) in [7, 11) is -1.34.